The minimum absolute atomic E-state index is 0.0948. The lowest BCUT2D eigenvalue weighted by Gasteiger charge is -2.35. The van der Waals surface area contributed by atoms with Gasteiger partial charge in [-0.1, -0.05) is 11.6 Å². The van der Waals surface area contributed by atoms with E-state index < -0.39 is 0 Å². The first kappa shape index (κ1) is 12.6. The van der Waals surface area contributed by atoms with Crippen molar-refractivity contribution in [3.63, 3.8) is 0 Å². The predicted molar refractivity (Wildman–Crippen MR) is 74.6 cm³/mol. The number of hydrogen-bond donors (Lipinski definition) is 1. The van der Waals surface area contributed by atoms with Crippen molar-refractivity contribution in [2.45, 2.75) is 12.6 Å². The highest BCUT2D eigenvalue weighted by molar-refractivity contribution is 6.30. The number of nitrogens with one attached hydrogen (secondary N) is 1. The van der Waals surface area contributed by atoms with E-state index in [-0.39, 0.29) is 5.56 Å². The van der Waals surface area contributed by atoms with Gasteiger partial charge in [-0.3, -0.25) is 14.1 Å². The van der Waals surface area contributed by atoms with Crippen molar-refractivity contribution in [3.8, 4) is 0 Å². The van der Waals surface area contributed by atoms with Crippen LogP contribution in [0, 0.1) is 0 Å². The molecule has 0 bridgehead atoms. The van der Waals surface area contributed by atoms with Crippen LogP contribution in [0.3, 0.4) is 0 Å². The van der Waals surface area contributed by atoms with Crippen LogP contribution in [0.1, 0.15) is 5.69 Å². The molecule has 2 aromatic heterocycles. The topological polar surface area (TPSA) is 49.6 Å². The molecule has 0 unspecified atom stereocenters. The molecule has 6 heteroatoms. The molecular weight excluding hydrogens is 264 g/mol. The highest BCUT2D eigenvalue weighted by Gasteiger charge is 2.21. The Labute approximate surface area is 115 Å². The first-order chi connectivity index (χ1) is 9.13. The molecule has 0 saturated carbocycles. The van der Waals surface area contributed by atoms with E-state index in [4.69, 9.17) is 11.6 Å². The molecule has 3 rings (SSSR count). The Morgan fingerprint density at radius 3 is 3.00 bits per heavy atom. The van der Waals surface area contributed by atoms with E-state index in [2.05, 4.69) is 22.2 Å². The summed E-state index contributed by atoms with van der Waals surface area (Å²) >= 11 is 5.88. The number of likely N-dealkylation sites (N-methyl/N-ethyl adjacent to an activating group) is 1. The predicted octanol–water partition coefficient (Wildman–Crippen LogP) is 0.751. The van der Waals surface area contributed by atoms with E-state index in [1.54, 1.807) is 24.4 Å². The van der Waals surface area contributed by atoms with Crippen LogP contribution in [0.5, 0.6) is 0 Å². The molecule has 1 fully saturated rings. The van der Waals surface area contributed by atoms with E-state index in [1.807, 2.05) is 0 Å². The average Bonchev–Trinajstić information content (AvgIpc) is 2.28. The van der Waals surface area contributed by atoms with Gasteiger partial charge < -0.3 is 5.32 Å². The van der Waals surface area contributed by atoms with Gasteiger partial charge in [0.15, 0.2) is 0 Å². The lowest BCUT2D eigenvalue weighted by Crippen LogP contribution is -2.55. The van der Waals surface area contributed by atoms with Crippen LogP contribution in [-0.2, 0) is 6.54 Å². The van der Waals surface area contributed by atoms with Crippen LogP contribution in [-0.4, -0.2) is 40.5 Å². The maximum atomic E-state index is 12.0. The second-order valence-electron chi connectivity index (χ2n) is 4.89. The molecule has 0 aliphatic carbocycles. The van der Waals surface area contributed by atoms with Crippen molar-refractivity contribution in [2.75, 3.05) is 20.1 Å². The largest absolute Gasteiger partial charge is 0.314 e. The van der Waals surface area contributed by atoms with Crippen LogP contribution in [0.25, 0.3) is 5.65 Å². The summed E-state index contributed by atoms with van der Waals surface area (Å²) < 4.78 is 1.47. The highest BCUT2D eigenvalue weighted by Crippen LogP contribution is 2.10. The van der Waals surface area contributed by atoms with Gasteiger partial charge in [-0.15, -0.1) is 0 Å². The zero-order valence-electron chi connectivity index (χ0n) is 10.6. The molecule has 100 valence electrons. The molecule has 2 aromatic rings. The summed E-state index contributed by atoms with van der Waals surface area (Å²) in [5.74, 6) is 0. The SMILES string of the molecule is CN(Cc1cc(=O)n2cc(Cl)ccc2n1)C1CNC1. The smallest absolute Gasteiger partial charge is 0.258 e. The fourth-order valence-corrected chi connectivity index (χ4v) is 2.34. The standard InChI is InChI=1S/C13H15ClN4O/c1-17(11-5-15-6-11)8-10-4-13(19)18-7-9(14)2-3-12(18)16-10/h2-4,7,11,15H,5-6,8H2,1H3. The fraction of sp³-hybridized carbons (Fsp3) is 0.385. The van der Waals surface area contributed by atoms with Crippen LogP contribution < -0.4 is 10.9 Å². The maximum absolute atomic E-state index is 12.0. The van der Waals surface area contributed by atoms with Crippen LogP contribution in [0.15, 0.2) is 29.2 Å². The van der Waals surface area contributed by atoms with Gasteiger partial charge in [-0.05, 0) is 19.2 Å². The van der Waals surface area contributed by atoms with Gasteiger partial charge in [0.1, 0.15) is 5.65 Å². The molecule has 3 heterocycles. The van der Waals surface area contributed by atoms with Gasteiger partial charge in [0.2, 0.25) is 0 Å². The Morgan fingerprint density at radius 1 is 1.53 bits per heavy atom. The van der Waals surface area contributed by atoms with Crippen LogP contribution in [0.4, 0.5) is 0 Å². The van der Waals surface area contributed by atoms with Gasteiger partial charge in [0.05, 0.1) is 10.7 Å². The fourth-order valence-electron chi connectivity index (χ4n) is 2.18. The summed E-state index contributed by atoms with van der Waals surface area (Å²) in [6.07, 6.45) is 1.59. The highest BCUT2D eigenvalue weighted by atomic mass is 35.5. The van der Waals surface area contributed by atoms with E-state index >= 15 is 0 Å². The summed E-state index contributed by atoms with van der Waals surface area (Å²) in [6, 6.07) is 5.61. The quantitative estimate of drug-likeness (QED) is 0.900. The first-order valence-electron chi connectivity index (χ1n) is 6.22. The van der Waals surface area contributed by atoms with Gasteiger partial charge in [-0.25, -0.2) is 4.98 Å². The zero-order chi connectivity index (χ0) is 13.4. The normalized spacial score (nSPS) is 15.9. The molecule has 0 spiro atoms. The Bertz CT molecular complexity index is 665. The van der Waals surface area contributed by atoms with Crippen molar-refractivity contribution in [1.29, 1.82) is 0 Å². The second kappa shape index (κ2) is 4.92. The van der Waals surface area contributed by atoms with Gasteiger partial charge in [0.25, 0.3) is 5.56 Å². The molecule has 0 radical (unpaired) electrons. The molecule has 1 saturated heterocycles. The third-order valence-electron chi connectivity index (χ3n) is 3.47. The Balaban J connectivity index is 1.92. The lowest BCUT2D eigenvalue weighted by atomic mass is 10.1. The van der Waals surface area contributed by atoms with Crippen molar-refractivity contribution in [1.82, 2.24) is 19.6 Å². The van der Waals surface area contributed by atoms with E-state index in [0.29, 0.717) is 23.3 Å². The van der Waals surface area contributed by atoms with Gasteiger partial charge in [-0.2, -0.15) is 0 Å². The number of hydrogen-bond acceptors (Lipinski definition) is 4. The molecule has 19 heavy (non-hydrogen) atoms. The maximum Gasteiger partial charge on any atom is 0.258 e. The van der Waals surface area contributed by atoms with Gasteiger partial charge in [0, 0.05) is 37.9 Å². The summed E-state index contributed by atoms with van der Waals surface area (Å²) in [6.45, 7) is 2.68. The summed E-state index contributed by atoms with van der Waals surface area (Å²) in [5.41, 5.74) is 1.33. The summed E-state index contributed by atoms with van der Waals surface area (Å²) in [5, 5.41) is 3.76. The van der Waals surface area contributed by atoms with Crippen molar-refractivity contribution in [2.24, 2.45) is 0 Å². The van der Waals surface area contributed by atoms with Crippen LogP contribution >= 0.6 is 11.6 Å². The molecule has 0 amide bonds. The lowest BCUT2D eigenvalue weighted by molar-refractivity contribution is 0.171. The molecule has 1 N–H and O–H groups in total. The second-order valence-corrected chi connectivity index (χ2v) is 5.32. The number of rotatable bonds is 3. The van der Waals surface area contributed by atoms with Gasteiger partial charge >= 0.3 is 0 Å². The van der Waals surface area contributed by atoms with E-state index in [1.165, 1.54) is 4.40 Å². The molecule has 0 aromatic carbocycles. The third-order valence-corrected chi connectivity index (χ3v) is 3.69. The molecule has 5 nitrogen and oxygen atoms in total. The van der Waals surface area contributed by atoms with Crippen molar-refractivity contribution >= 4 is 17.2 Å². The summed E-state index contributed by atoms with van der Waals surface area (Å²) in [7, 11) is 2.05. The first-order valence-corrected chi connectivity index (χ1v) is 6.60. The average molecular weight is 279 g/mol. The minimum Gasteiger partial charge on any atom is -0.314 e. The molecule has 0 atom stereocenters. The zero-order valence-corrected chi connectivity index (χ0v) is 11.4. The molecule has 1 aliphatic heterocycles. The summed E-state index contributed by atoms with van der Waals surface area (Å²) in [4.78, 5) is 18.7. The Kier molecular flexibility index (Phi) is 3.26. The monoisotopic (exact) mass is 278 g/mol. The number of fused-ring (bicyclic) bond motifs is 1. The number of halogens is 1. The molecular formula is C13H15ClN4O. The Hall–Kier alpha value is -1.43. The number of pyridine rings is 1. The van der Waals surface area contributed by atoms with Crippen molar-refractivity contribution in [3.05, 3.63) is 45.5 Å². The third kappa shape index (κ3) is 2.49. The van der Waals surface area contributed by atoms with Crippen molar-refractivity contribution < 1.29 is 0 Å². The number of aromatic nitrogens is 2. The Morgan fingerprint density at radius 2 is 2.32 bits per heavy atom. The molecule has 1 aliphatic rings. The van der Waals surface area contributed by atoms with E-state index in [0.717, 1.165) is 18.8 Å². The minimum atomic E-state index is -0.0948. The number of nitrogens with zero attached hydrogens (tertiary/aromatic N) is 3. The van der Waals surface area contributed by atoms with Crippen LogP contribution in [0.2, 0.25) is 5.02 Å². The van der Waals surface area contributed by atoms with E-state index in [9.17, 15) is 4.79 Å².